The van der Waals surface area contributed by atoms with Gasteiger partial charge in [-0.2, -0.15) is 0 Å². The SMILES string of the molecule is CC(=O)Oc1c(I)c(CCO[Si](C)(C)C(C)(C)C)n2ccccc12. The summed E-state index contributed by atoms with van der Waals surface area (Å²) in [6, 6.07) is 5.91. The molecule has 0 atom stereocenters. The van der Waals surface area contributed by atoms with E-state index in [2.05, 4.69) is 60.9 Å². The molecule has 6 heteroatoms. The molecule has 2 aromatic rings. The van der Waals surface area contributed by atoms with Crippen molar-refractivity contribution in [2.24, 2.45) is 0 Å². The van der Waals surface area contributed by atoms with Gasteiger partial charge >= 0.3 is 5.97 Å². The summed E-state index contributed by atoms with van der Waals surface area (Å²) in [5.74, 6) is 0.347. The Labute approximate surface area is 158 Å². The zero-order chi connectivity index (χ0) is 18.1. The molecule has 0 saturated carbocycles. The Morgan fingerprint density at radius 2 is 1.96 bits per heavy atom. The number of pyridine rings is 1. The first-order valence-corrected chi connectivity index (χ1v) is 12.1. The number of halogens is 1. The number of aromatic nitrogens is 1. The number of hydrogen-bond acceptors (Lipinski definition) is 3. The summed E-state index contributed by atoms with van der Waals surface area (Å²) in [5, 5.41) is 0.199. The maximum atomic E-state index is 11.4. The highest BCUT2D eigenvalue weighted by Crippen LogP contribution is 2.37. The summed E-state index contributed by atoms with van der Waals surface area (Å²) in [4.78, 5) is 11.4. The van der Waals surface area contributed by atoms with Gasteiger partial charge in [-0.05, 0) is 52.9 Å². The Morgan fingerprint density at radius 3 is 2.54 bits per heavy atom. The summed E-state index contributed by atoms with van der Waals surface area (Å²) in [6.07, 6.45) is 2.80. The number of rotatable bonds is 5. The van der Waals surface area contributed by atoms with E-state index in [4.69, 9.17) is 9.16 Å². The molecule has 24 heavy (non-hydrogen) atoms. The quantitative estimate of drug-likeness (QED) is 0.358. The second-order valence-corrected chi connectivity index (χ2v) is 13.4. The lowest BCUT2D eigenvalue weighted by Gasteiger charge is -2.36. The largest absolute Gasteiger partial charge is 0.423 e. The van der Waals surface area contributed by atoms with Crippen molar-refractivity contribution in [2.75, 3.05) is 6.61 Å². The number of carbonyl (C=O) groups excluding carboxylic acids is 1. The molecule has 2 rings (SSSR count). The third-order valence-electron chi connectivity index (χ3n) is 4.69. The van der Waals surface area contributed by atoms with E-state index < -0.39 is 8.32 Å². The molecule has 2 heterocycles. The van der Waals surface area contributed by atoms with Gasteiger partial charge < -0.3 is 13.6 Å². The minimum atomic E-state index is -1.76. The number of carbonyl (C=O) groups is 1. The average molecular weight is 459 g/mol. The van der Waals surface area contributed by atoms with Gasteiger partial charge in [-0.3, -0.25) is 4.79 Å². The van der Waals surface area contributed by atoms with E-state index in [0.717, 1.165) is 21.2 Å². The van der Waals surface area contributed by atoms with Crippen LogP contribution in [0.1, 0.15) is 33.4 Å². The number of ether oxygens (including phenoxy) is 1. The Balaban J connectivity index is 2.27. The van der Waals surface area contributed by atoms with Crippen LogP contribution < -0.4 is 4.74 Å². The standard InChI is InChI=1S/C18H26INO3Si/c1-13(21)23-17-15-9-7-8-11-20(15)14(16(17)19)10-12-22-24(5,6)18(2,3)4/h7-9,11H,10,12H2,1-6H3. The van der Waals surface area contributed by atoms with Gasteiger partial charge in [0.25, 0.3) is 0 Å². The lowest BCUT2D eigenvalue weighted by atomic mass is 10.2. The van der Waals surface area contributed by atoms with Crippen LogP contribution in [-0.2, 0) is 15.6 Å². The van der Waals surface area contributed by atoms with Crippen LogP contribution in [-0.4, -0.2) is 25.3 Å². The van der Waals surface area contributed by atoms with E-state index in [1.54, 1.807) is 0 Å². The molecule has 132 valence electrons. The molecular weight excluding hydrogens is 433 g/mol. The molecule has 0 aromatic carbocycles. The minimum Gasteiger partial charge on any atom is -0.423 e. The Kier molecular flexibility index (Phi) is 5.82. The first-order chi connectivity index (χ1) is 11.0. The van der Waals surface area contributed by atoms with Gasteiger partial charge in [0.1, 0.15) is 0 Å². The van der Waals surface area contributed by atoms with Crippen molar-refractivity contribution in [2.45, 2.75) is 52.2 Å². The van der Waals surface area contributed by atoms with Crippen LogP contribution in [0.15, 0.2) is 24.4 Å². The number of fused-ring (bicyclic) bond motifs is 1. The van der Waals surface area contributed by atoms with Gasteiger partial charge in [0.2, 0.25) is 0 Å². The zero-order valence-corrected chi connectivity index (χ0v) is 18.4. The molecule has 0 spiro atoms. The highest BCUT2D eigenvalue weighted by molar-refractivity contribution is 14.1. The van der Waals surface area contributed by atoms with Gasteiger partial charge in [0, 0.05) is 31.8 Å². The van der Waals surface area contributed by atoms with E-state index in [0.29, 0.717) is 12.4 Å². The van der Waals surface area contributed by atoms with Gasteiger partial charge in [-0.25, -0.2) is 0 Å². The fourth-order valence-electron chi connectivity index (χ4n) is 2.30. The van der Waals surface area contributed by atoms with Crippen LogP contribution >= 0.6 is 22.6 Å². The normalized spacial score (nSPS) is 12.6. The molecule has 0 saturated heterocycles. The molecule has 0 unspecified atom stereocenters. The zero-order valence-electron chi connectivity index (χ0n) is 15.3. The lowest BCUT2D eigenvalue weighted by Crippen LogP contribution is -2.41. The topological polar surface area (TPSA) is 39.9 Å². The summed E-state index contributed by atoms with van der Waals surface area (Å²) < 4.78 is 14.8. The van der Waals surface area contributed by atoms with Gasteiger partial charge in [-0.15, -0.1) is 0 Å². The minimum absolute atomic E-state index is 0.199. The molecule has 4 nitrogen and oxygen atoms in total. The Hall–Kier alpha value is -0.863. The Morgan fingerprint density at radius 1 is 1.29 bits per heavy atom. The molecule has 0 aliphatic heterocycles. The smallest absolute Gasteiger partial charge is 0.308 e. The first kappa shape index (κ1) is 19.5. The van der Waals surface area contributed by atoms with Crippen LogP contribution in [0.4, 0.5) is 0 Å². The van der Waals surface area contributed by atoms with E-state index >= 15 is 0 Å². The average Bonchev–Trinajstić information content (AvgIpc) is 2.71. The second kappa shape index (κ2) is 7.17. The maximum Gasteiger partial charge on any atom is 0.308 e. The van der Waals surface area contributed by atoms with E-state index in [9.17, 15) is 4.79 Å². The molecule has 0 aliphatic rings. The fraction of sp³-hybridized carbons (Fsp3) is 0.500. The predicted molar refractivity (Wildman–Crippen MR) is 108 cm³/mol. The predicted octanol–water partition coefficient (Wildman–Crippen LogP) is 5.03. The Bertz CT molecular complexity index is 747. The van der Waals surface area contributed by atoms with Gasteiger partial charge in [0.15, 0.2) is 14.1 Å². The summed E-state index contributed by atoms with van der Waals surface area (Å²) in [7, 11) is -1.76. The summed E-state index contributed by atoms with van der Waals surface area (Å²) >= 11 is 2.26. The number of esters is 1. The number of nitrogens with zero attached hydrogens (tertiary/aromatic N) is 1. The lowest BCUT2D eigenvalue weighted by molar-refractivity contribution is -0.131. The monoisotopic (exact) mass is 459 g/mol. The summed E-state index contributed by atoms with van der Waals surface area (Å²) in [5.41, 5.74) is 2.04. The second-order valence-electron chi connectivity index (χ2n) is 7.50. The first-order valence-electron chi connectivity index (χ1n) is 8.14. The number of hydrogen-bond donors (Lipinski definition) is 0. The van der Waals surface area contributed by atoms with Crippen LogP contribution in [0.25, 0.3) is 5.52 Å². The molecule has 2 aromatic heterocycles. The van der Waals surface area contributed by atoms with Gasteiger partial charge in [0.05, 0.1) is 9.09 Å². The van der Waals surface area contributed by atoms with E-state index in [1.807, 2.05) is 24.4 Å². The van der Waals surface area contributed by atoms with Crippen molar-refractivity contribution < 1.29 is 14.0 Å². The van der Waals surface area contributed by atoms with Crippen molar-refractivity contribution in [3.8, 4) is 5.75 Å². The molecular formula is C18H26INO3Si. The van der Waals surface area contributed by atoms with Crippen molar-refractivity contribution in [1.82, 2.24) is 4.40 Å². The molecule has 0 bridgehead atoms. The van der Waals surface area contributed by atoms with Crippen LogP contribution in [0.2, 0.25) is 18.1 Å². The highest BCUT2D eigenvalue weighted by Gasteiger charge is 2.37. The third-order valence-corrected chi connectivity index (χ3v) is 10.3. The van der Waals surface area contributed by atoms with Crippen molar-refractivity contribution in [3.05, 3.63) is 33.7 Å². The highest BCUT2D eigenvalue weighted by atomic mass is 127. The van der Waals surface area contributed by atoms with Crippen LogP contribution in [0, 0.1) is 3.57 Å². The molecule has 0 fully saturated rings. The molecule has 0 aliphatic carbocycles. The maximum absolute atomic E-state index is 11.4. The van der Waals surface area contributed by atoms with E-state index in [-0.39, 0.29) is 11.0 Å². The van der Waals surface area contributed by atoms with E-state index in [1.165, 1.54) is 6.92 Å². The van der Waals surface area contributed by atoms with Crippen molar-refractivity contribution >= 4 is 42.4 Å². The molecule has 0 radical (unpaired) electrons. The fourth-order valence-corrected chi connectivity index (χ4v) is 4.26. The van der Waals surface area contributed by atoms with Crippen LogP contribution in [0.3, 0.4) is 0 Å². The van der Waals surface area contributed by atoms with Crippen LogP contribution in [0.5, 0.6) is 5.75 Å². The molecule has 0 N–H and O–H groups in total. The van der Waals surface area contributed by atoms with Crippen molar-refractivity contribution in [3.63, 3.8) is 0 Å². The van der Waals surface area contributed by atoms with Crippen molar-refractivity contribution in [1.29, 1.82) is 0 Å². The molecule has 0 amide bonds. The third kappa shape index (κ3) is 4.03. The summed E-state index contributed by atoms with van der Waals surface area (Å²) in [6.45, 7) is 13.4. The van der Waals surface area contributed by atoms with Gasteiger partial charge in [-0.1, -0.05) is 26.8 Å².